The van der Waals surface area contributed by atoms with Crippen LogP contribution < -0.4 is 0 Å². The molecule has 1 aliphatic carbocycles. The molecule has 2 fully saturated rings. The van der Waals surface area contributed by atoms with E-state index in [4.69, 9.17) is 10.00 Å². The van der Waals surface area contributed by atoms with Gasteiger partial charge in [-0.2, -0.15) is 5.26 Å². The van der Waals surface area contributed by atoms with Gasteiger partial charge in [0.2, 0.25) is 0 Å². The van der Waals surface area contributed by atoms with Crippen LogP contribution in [0.2, 0.25) is 0 Å². The maximum Gasteiger partial charge on any atom is 0.173 e. The zero-order valence-corrected chi connectivity index (χ0v) is 8.42. The van der Waals surface area contributed by atoms with Gasteiger partial charge in [-0.15, -0.1) is 0 Å². The lowest BCUT2D eigenvalue weighted by atomic mass is 9.72. The minimum absolute atomic E-state index is 0.0266. The number of ether oxygens (including phenoxy) is 1. The third-order valence-electron chi connectivity index (χ3n) is 3.61. The Bertz CT molecular complexity index is 243. The van der Waals surface area contributed by atoms with Crippen LogP contribution >= 0.6 is 0 Å². The smallest absolute Gasteiger partial charge is 0.173 e. The molecule has 1 saturated carbocycles. The van der Waals surface area contributed by atoms with Gasteiger partial charge in [-0.25, -0.2) is 0 Å². The fraction of sp³-hybridized carbons (Fsp3) is 0.909. The molecule has 1 saturated heterocycles. The molecule has 3 unspecified atom stereocenters. The van der Waals surface area contributed by atoms with Gasteiger partial charge in [0.25, 0.3) is 0 Å². The van der Waals surface area contributed by atoms with Crippen LogP contribution in [0.15, 0.2) is 0 Å². The minimum atomic E-state index is -0.0970. The van der Waals surface area contributed by atoms with Crippen LogP contribution in [0.5, 0.6) is 0 Å². The van der Waals surface area contributed by atoms with Gasteiger partial charge in [-0.1, -0.05) is 26.7 Å². The molecule has 2 aliphatic rings. The van der Waals surface area contributed by atoms with Crippen molar-refractivity contribution >= 4 is 0 Å². The summed E-state index contributed by atoms with van der Waals surface area (Å²) in [7, 11) is 0. The summed E-state index contributed by atoms with van der Waals surface area (Å²) in [6.45, 7) is 4.49. The van der Waals surface area contributed by atoms with E-state index in [1.165, 1.54) is 19.3 Å². The topological polar surface area (TPSA) is 36.3 Å². The maximum atomic E-state index is 8.85. The molecule has 3 atom stereocenters. The van der Waals surface area contributed by atoms with Crippen molar-refractivity contribution in [2.75, 3.05) is 0 Å². The van der Waals surface area contributed by atoms with Crippen LogP contribution in [0.4, 0.5) is 0 Å². The Balaban J connectivity index is 2.12. The molecule has 2 nitrogen and oxygen atoms in total. The Morgan fingerprint density at radius 2 is 2.23 bits per heavy atom. The van der Waals surface area contributed by atoms with Crippen molar-refractivity contribution < 1.29 is 4.74 Å². The molecule has 13 heavy (non-hydrogen) atoms. The van der Waals surface area contributed by atoms with Crippen LogP contribution in [-0.2, 0) is 4.74 Å². The predicted molar refractivity (Wildman–Crippen MR) is 50.0 cm³/mol. The first kappa shape index (κ1) is 9.02. The molecule has 0 N–H and O–H groups in total. The van der Waals surface area contributed by atoms with Gasteiger partial charge in [0.1, 0.15) is 5.60 Å². The first-order chi connectivity index (χ1) is 6.20. The third kappa shape index (κ3) is 1.26. The molecular weight excluding hydrogens is 162 g/mol. The molecule has 0 aromatic carbocycles. The van der Waals surface area contributed by atoms with Crippen LogP contribution in [0.25, 0.3) is 0 Å². The lowest BCUT2D eigenvalue weighted by molar-refractivity contribution is 0.122. The highest BCUT2D eigenvalue weighted by Gasteiger charge is 2.62. The average molecular weight is 179 g/mol. The number of rotatable bonds is 1. The molecule has 0 amide bonds. The first-order valence-electron chi connectivity index (χ1n) is 5.28. The third-order valence-corrected chi connectivity index (χ3v) is 3.61. The quantitative estimate of drug-likeness (QED) is 0.580. The van der Waals surface area contributed by atoms with E-state index in [-0.39, 0.29) is 11.7 Å². The molecule has 0 aromatic heterocycles. The van der Waals surface area contributed by atoms with E-state index in [9.17, 15) is 0 Å². The van der Waals surface area contributed by atoms with E-state index in [0.29, 0.717) is 11.8 Å². The number of epoxide rings is 1. The highest BCUT2D eigenvalue weighted by Crippen LogP contribution is 2.53. The molecule has 1 spiro atoms. The second-order valence-corrected chi connectivity index (χ2v) is 4.68. The van der Waals surface area contributed by atoms with E-state index in [1.807, 2.05) is 0 Å². The fourth-order valence-electron chi connectivity index (χ4n) is 2.89. The van der Waals surface area contributed by atoms with E-state index in [1.54, 1.807) is 0 Å². The molecule has 2 heteroatoms. The first-order valence-corrected chi connectivity index (χ1v) is 5.28. The lowest BCUT2D eigenvalue weighted by Gasteiger charge is -2.31. The van der Waals surface area contributed by atoms with Crippen molar-refractivity contribution in [3.8, 4) is 6.07 Å². The Kier molecular flexibility index (Phi) is 2.08. The molecule has 1 heterocycles. The average Bonchev–Trinajstić information content (AvgIpc) is 2.79. The summed E-state index contributed by atoms with van der Waals surface area (Å²) in [4.78, 5) is 0. The summed E-state index contributed by atoms with van der Waals surface area (Å²) in [6.07, 6.45) is 4.80. The largest absolute Gasteiger partial charge is 0.350 e. The van der Waals surface area contributed by atoms with Crippen LogP contribution in [-0.4, -0.2) is 11.7 Å². The molecule has 72 valence electrons. The summed E-state index contributed by atoms with van der Waals surface area (Å²) in [5.74, 6) is 1.27. The summed E-state index contributed by atoms with van der Waals surface area (Å²) >= 11 is 0. The molecule has 0 radical (unpaired) electrons. The normalized spacial score (nSPS) is 43.5. The SMILES string of the molecule is CC(C)C1CCCCC12OC2C#N. The van der Waals surface area contributed by atoms with E-state index in [0.717, 1.165) is 6.42 Å². The van der Waals surface area contributed by atoms with Crippen molar-refractivity contribution in [2.45, 2.75) is 51.2 Å². The van der Waals surface area contributed by atoms with Crippen molar-refractivity contribution in [3.05, 3.63) is 0 Å². The van der Waals surface area contributed by atoms with Gasteiger partial charge in [-0.3, -0.25) is 0 Å². The molecule has 2 rings (SSSR count). The predicted octanol–water partition coefficient (Wildman–Crippen LogP) is 2.49. The summed E-state index contributed by atoms with van der Waals surface area (Å²) in [5.41, 5.74) is -0.0266. The zero-order chi connectivity index (χ0) is 9.47. The van der Waals surface area contributed by atoms with E-state index < -0.39 is 0 Å². The van der Waals surface area contributed by atoms with Crippen molar-refractivity contribution in [1.82, 2.24) is 0 Å². The summed E-state index contributed by atoms with van der Waals surface area (Å²) in [6, 6.07) is 2.26. The summed E-state index contributed by atoms with van der Waals surface area (Å²) in [5, 5.41) is 8.85. The lowest BCUT2D eigenvalue weighted by Crippen LogP contribution is -2.34. The molecule has 1 aliphatic heterocycles. The fourth-order valence-corrected chi connectivity index (χ4v) is 2.89. The van der Waals surface area contributed by atoms with Gasteiger partial charge >= 0.3 is 0 Å². The van der Waals surface area contributed by atoms with Gasteiger partial charge in [0, 0.05) is 0 Å². The number of nitriles is 1. The standard InChI is InChI=1S/C11H17NO/c1-8(2)9-5-3-4-6-11(9)10(7-12)13-11/h8-10H,3-6H2,1-2H3. The Morgan fingerprint density at radius 3 is 2.77 bits per heavy atom. The van der Waals surface area contributed by atoms with Gasteiger partial charge in [0.05, 0.1) is 6.07 Å². The van der Waals surface area contributed by atoms with Gasteiger partial charge in [0.15, 0.2) is 6.10 Å². The molecule has 0 aromatic rings. The van der Waals surface area contributed by atoms with Crippen molar-refractivity contribution in [1.29, 1.82) is 5.26 Å². The minimum Gasteiger partial charge on any atom is -0.350 e. The van der Waals surface area contributed by atoms with E-state index in [2.05, 4.69) is 19.9 Å². The van der Waals surface area contributed by atoms with Crippen LogP contribution in [0, 0.1) is 23.2 Å². The van der Waals surface area contributed by atoms with Crippen LogP contribution in [0.1, 0.15) is 39.5 Å². The zero-order valence-electron chi connectivity index (χ0n) is 8.42. The second kappa shape index (κ2) is 2.99. The highest BCUT2D eigenvalue weighted by molar-refractivity contribution is 5.18. The van der Waals surface area contributed by atoms with Crippen molar-refractivity contribution in [3.63, 3.8) is 0 Å². The number of hydrogen-bond acceptors (Lipinski definition) is 2. The Hall–Kier alpha value is -0.550. The maximum absolute atomic E-state index is 8.85. The monoisotopic (exact) mass is 179 g/mol. The van der Waals surface area contributed by atoms with E-state index >= 15 is 0 Å². The summed E-state index contributed by atoms with van der Waals surface area (Å²) < 4.78 is 5.61. The Labute approximate surface area is 79.9 Å². The van der Waals surface area contributed by atoms with Gasteiger partial charge < -0.3 is 4.74 Å². The Morgan fingerprint density at radius 1 is 1.46 bits per heavy atom. The van der Waals surface area contributed by atoms with Crippen LogP contribution in [0.3, 0.4) is 0 Å². The molecule has 0 bridgehead atoms. The van der Waals surface area contributed by atoms with Crippen molar-refractivity contribution in [2.24, 2.45) is 11.8 Å². The highest BCUT2D eigenvalue weighted by atomic mass is 16.6. The number of hydrogen-bond donors (Lipinski definition) is 0. The molecular formula is C11H17NO. The number of nitrogens with zero attached hydrogens (tertiary/aromatic N) is 1. The second-order valence-electron chi connectivity index (χ2n) is 4.68. The van der Waals surface area contributed by atoms with Gasteiger partial charge in [-0.05, 0) is 24.7 Å².